The van der Waals surface area contributed by atoms with Gasteiger partial charge in [-0.3, -0.25) is 0 Å². The molecule has 6 heteroatoms. The van der Waals surface area contributed by atoms with Crippen molar-refractivity contribution in [2.24, 2.45) is 0 Å². The van der Waals surface area contributed by atoms with E-state index in [9.17, 15) is 4.57 Å². The van der Waals surface area contributed by atoms with Crippen molar-refractivity contribution in [2.75, 3.05) is 6.79 Å². The molecule has 1 unspecified atom stereocenters. The molecular formula is CH6CaO4P+. The van der Waals surface area contributed by atoms with Gasteiger partial charge < -0.3 is 7.96 Å². The summed E-state index contributed by atoms with van der Waals surface area (Å²) in [6.45, 7) is -0.703. The second-order valence-corrected chi connectivity index (χ2v) is 1.23. The summed E-state index contributed by atoms with van der Waals surface area (Å²) in [5.41, 5.74) is 0. The molecule has 0 rings (SSSR count). The van der Waals surface area contributed by atoms with Gasteiger partial charge in [0.2, 0.25) is 6.79 Å². The van der Waals surface area contributed by atoms with E-state index < -0.39 is 15.0 Å². The summed E-state index contributed by atoms with van der Waals surface area (Å²) in [6.07, 6.45) is 0. The van der Waals surface area contributed by atoms with Gasteiger partial charge in [-0.05, 0) is 0 Å². The standard InChI is InChI=1S/CH3O4P.Ca.2H/c2-1-5-6(3)4;;;/h2H,1H2;;;/q;+2;2*-1/p+1. The van der Waals surface area contributed by atoms with E-state index in [1.54, 1.807) is 0 Å². The summed E-state index contributed by atoms with van der Waals surface area (Å²) >= 11 is 0. The summed E-state index contributed by atoms with van der Waals surface area (Å²) in [6, 6.07) is 0. The molecule has 1 atom stereocenters. The fourth-order valence-corrected chi connectivity index (χ4v) is 0.148. The molecule has 0 spiro atoms. The van der Waals surface area contributed by atoms with Gasteiger partial charge in [-0.15, -0.1) is 4.89 Å². The van der Waals surface area contributed by atoms with Crippen molar-refractivity contribution in [1.82, 2.24) is 0 Å². The first kappa shape index (κ1) is 11.1. The van der Waals surface area contributed by atoms with Crippen LogP contribution in [0.15, 0.2) is 0 Å². The largest absolute Gasteiger partial charge is 2.00 e. The molecule has 7 heavy (non-hydrogen) atoms. The molecule has 0 fully saturated rings. The van der Waals surface area contributed by atoms with Gasteiger partial charge in [-0.2, -0.15) is 0 Å². The van der Waals surface area contributed by atoms with E-state index in [2.05, 4.69) is 4.52 Å². The Labute approximate surface area is 74.4 Å². The van der Waals surface area contributed by atoms with Crippen LogP contribution in [0.25, 0.3) is 0 Å². The van der Waals surface area contributed by atoms with Gasteiger partial charge in [-0.1, -0.05) is 4.52 Å². The smallest absolute Gasteiger partial charge is 1.00 e. The zero-order valence-corrected chi connectivity index (χ0v) is 6.68. The summed E-state index contributed by atoms with van der Waals surface area (Å²) in [4.78, 5) is 7.68. The van der Waals surface area contributed by atoms with Gasteiger partial charge in [0.1, 0.15) is 0 Å². The van der Waals surface area contributed by atoms with Gasteiger partial charge in [0.15, 0.2) is 0 Å². The molecule has 0 aromatic carbocycles. The Morgan fingerprint density at radius 2 is 2.29 bits per heavy atom. The second kappa shape index (κ2) is 7.24. The Hall–Kier alpha value is 1.24. The van der Waals surface area contributed by atoms with Crippen molar-refractivity contribution in [2.45, 2.75) is 0 Å². The van der Waals surface area contributed by atoms with E-state index in [1.807, 2.05) is 0 Å². The maximum absolute atomic E-state index is 9.37. The molecule has 0 aromatic rings. The SMILES string of the molecule is O=[P+](O)OCO.[Ca+2].[H-].[H-]. The van der Waals surface area contributed by atoms with E-state index in [0.717, 1.165) is 0 Å². The monoisotopic (exact) mass is 153 g/mol. The quantitative estimate of drug-likeness (QED) is 0.317. The topological polar surface area (TPSA) is 66.8 Å². The molecule has 0 bridgehead atoms. The predicted octanol–water partition coefficient (Wildman–Crippen LogP) is -0.553. The van der Waals surface area contributed by atoms with Crippen LogP contribution in [0.2, 0.25) is 0 Å². The molecule has 0 radical (unpaired) electrons. The van der Waals surface area contributed by atoms with Crippen LogP contribution >= 0.6 is 8.25 Å². The van der Waals surface area contributed by atoms with E-state index in [0.29, 0.717) is 0 Å². The maximum Gasteiger partial charge on any atom is 2.00 e. The van der Waals surface area contributed by atoms with Crippen molar-refractivity contribution in [3.63, 3.8) is 0 Å². The molecule has 0 aliphatic heterocycles. The fourth-order valence-electron chi connectivity index (χ4n) is 0.0494. The summed E-state index contributed by atoms with van der Waals surface area (Å²) in [5, 5.41) is 7.67. The molecule has 0 heterocycles. The summed E-state index contributed by atoms with van der Waals surface area (Å²) in [7, 11) is -2.60. The van der Waals surface area contributed by atoms with Crippen LogP contribution in [0.5, 0.6) is 0 Å². The number of rotatable bonds is 2. The van der Waals surface area contributed by atoms with Crippen LogP contribution in [-0.4, -0.2) is 54.5 Å². The van der Waals surface area contributed by atoms with Crippen molar-refractivity contribution in [3.8, 4) is 0 Å². The second-order valence-electron chi connectivity index (χ2n) is 0.496. The average Bonchev–Trinajstić information content (AvgIpc) is 1.35. The molecular weight excluding hydrogens is 147 g/mol. The third-order valence-electron chi connectivity index (χ3n) is 0.168. The normalized spacial score (nSPS) is 9.71. The number of aliphatic hydroxyl groups excluding tert-OH is 1. The molecule has 0 aromatic heterocycles. The Balaban J connectivity index is -0.0000000417. The summed E-state index contributed by atoms with van der Waals surface area (Å²) in [5.74, 6) is 0. The number of hydrogen-bond acceptors (Lipinski definition) is 3. The average molecular weight is 153 g/mol. The van der Waals surface area contributed by atoms with E-state index in [1.165, 1.54) is 0 Å². The van der Waals surface area contributed by atoms with Crippen LogP contribution < -0.4 is 0 Å². The molecule has 4 nitrogen and oxygen atoms in total. The van der Waals surface area contributed by atoms with Gasteiger partial charge >= 0.3 is 46.0 Å². The Bertz CT molecular complexity index is 62.5. The van der Waals surface area contributed by atoms with Gasteiger partial charge in [0.05, 0.1) is 0 Å². The number of aliphatic hydroxyl groups is 1. The zero-order chi connectivity index (χ0) is 4.99. The molecule has 0 amide bonds. The molecule has 0 saturated heterocycles. The van der Waals surface area contributed by atoms with Gasteiger partial charge in [0, 0.05) is 4.57 Å². The van der Waals surface area contributed by atoms with Crippen LogP contribution in [-0.2, 0) is 9.09 Å². The van der Waals surface area contributed by atoms with E-state index in [4.69, 9.17) is 10.00 Å². The van der Waals surface area contributed by atoms with Crippen LogP contribution in [0.1, 0.15) is 2.85 Å². The van der Waals surface area contributed by atoms with Crippen LogP contribution in [0, 0.1) is 0 Å². The first-order valence-electron chi connectivity index (χ1n) is 1.17. The van der Waals surface area contributed by atoms with Crippen LogP contribution in [0.4, 0.5) is 0 Å². The third-order valence-corrected chi connectivity index (χ3v) is 0.505. The van der Waals surface area contributed by atoms with Crippen molar-refractivity contribution in [3.05, 3.63) is 0 Å². The molecule has 0 saturated carbocycles. The van der Waals surface area contributed by atoms with Crippen molar-refractivity contribution < 1.29 is 21.9 Å². The van der Waals surface area contributed by atoms with Crippen LogP contribution in [0.3, 0.4) is 0 Å². The minimum absolute atomic E-state index is 0. The zero-order valence-electron chi connectivity index (χ0n) is 5.57. The molecule has 40 valence electrons. The van der Waals surface area contributed by atoms with Crippen molar-refractivity contribution in [1.29, 1.82) is 0 Å². The third kappa shape index (κ3) is 11.1. The van der Waals surface area contributed by atoms with E-state index in [-0.39, 0.29) is 40.6 Å². The van der Waals surface area contributed by atoms with E-state index >= 15 is 0 Å². The van der Waals surface area contributed by atoms with Gasteiger partial charge in [0.25, 0.3) is 0 Å². The predicted molar refractivity (Wildman–Crippen MR) is 26.0 cm³/mol. The molecule has 0 aliphatic rings. The molecule has 2 N–H and O–H groups in total. The summed E-state index contributed by atoms with van der Waals surface area (Å²) < 4.78 is 13.0. The first-order chi connectivity index (χ1) is 2.77. The Morgan fingerprint density at radius 3 is 2.29 bits per heavy atom. The first-order valence-corrected chi connectivity index (χ1v) is 2.30. The van der Waals surface area contributed by atoms with Crippen molar-refractivity contribution >= 4 is 46.0 Å². The minimum atomic E-state index is -2.60. The number of hydrogen-bond donors (Lipinski definition) is 2. The maximum atomic E-state index is 9.37. The van der Waals surface area contributed by atoms with Gasteiger partial charge in [-0.25, -0.2) is 0 Å². The molecule has 0 aliphatic carbocycles. The Kier molecular flexibility index (Phi) is 11.5. The minimum Gasteiger partial charge on any atom is -1.00 e. The Morgan fingerprint density at radius 1 is 1.86 bits per heavy atom. The fraction of sp³-hybridized carbons (Fsp3) is 1.00.